The van der Waals surface area contributed by atoms with Gasteiger partial charge in [-0.05, 0) is 25.9 Å². The normalized spacial score (nSPS) is 21.9. The fraction of sp³-hybridized carbons (Fsp3) is 0.636. The van der Waals surface area contributed by atoms with E-state index in [0.29, 0.717) is 11.9 Å². The van der Waals surface area contributed by atoms with Crippen molar-refractivity contribution < 1.29 is 0 Å². The van der Waals surface area contributed by atoms with E-state index < -0.39 is 0 Å². The van der Waals surface area contributed by atoms with E-state index in [2.05, 4.69) is 27.1 Å². The molecular weight excluding hydrogens is 204 g/mol. The van der Waals surface area contributed by atoms with Crippen molar-refractivity contribution in [2.24, 2.45) is 0 Å². The summed E-state index contributed by atoms with van der Waals surface area (Å²) in [4.78, 5) is 20.1. The van der Waals surface area contributed by atoms with Gasteiger partial charge in [0.15, 0.2) is 0 Å². The minimum absolute atomic E-state index is 0.111. The van der Waals surface area contributed by atoms with Crippen LogP contribution < -0.4 is 10.9 Å². The fourth-order valence-electron chi connectivity index (χ4n) is 2.12. The lowest BCUT2D eigenvalue weighted by Gasteiger charge is -2.32. The average Bonchev–Trinajstić information content (AvgIpc) is 2.29. The van der Waals surface area contributed by atoms with E-state index in [1.165, 1.54) is 25.4 Å². The van der Waals surface area contributed by atoms with Crippen molar-refractivity contribution in [3.05, 3.63) is 22.7 Å². The first-order valence-corrected chi connectivity index (χ1v) is 5.81. The second-order valence-electron chi connectivity index (χ2n) is 4.17. The van der Waals surface area contributed by atoms with E-state index in [0.717, 1.165) is 19.5 Å². The van der Waals surface area contributed by atoms with Gasteiger partial charge in [-0.15, -0.1) is 0 Å². The van der Waals surface area contributed by atoms with Crippen LogP contribution in [-0.4, -0.2) is 40.5 Å². The van der Waals surface area contributed by atoms with E-state index in [-0.39, 0.29) is 5.56 Å². The largest absolute Gasteiger partial charge is 0.366 e. The molecule has 88 valence electrons. The molecule has 5 heteroatoms. The van der Waals surface area contributed by atoms with Crippen molar-refractivity contribution in [2.75, 3.05) is 25.0 Å². The molecule has 0 amide bonds. The summed E-state index contributed by atoms with van der Waals surface area (Å²) in [6, 6.07) is 1.91. The van der Waals surface area contributed by atoms with E-state index in [1.807, 2.05) is 0 Å². The van der Waals surface area contributed by atoms with Crippen LogP contribution in [0.25, 0.3) is 0 Å². The molecule has 0 radical (unpaired) electrons. The molecule has 5 nitrogen and oxygen atoms in total. The van der Waals surface area contributed by atoms with Crippen LogP contribution in [0.15, 0.2) is 17.2 Å². The van der Waals surface area contributed by atoms with E-state index in [1.54, 1.807) is 0 Å². The smallest absolute Gasteiger partial charge is 0.252 e. The van der Waals surface area contributed by atoms with Gasteiger partial charge in [0.05, 0.1) is 6.33 Å². The third-order valence-electron chi connectivity index (χ3n) is 2.98. The number of hydrogen-bond donors (Lipinski definition) is 2. The number of aromatic amines is 1. The third-order valence-corrected chi connectivity index (χ3v) is 2.98. The second kappa shape index (κ2) is 5.12. The maximum absolute atomic E-state index is 11.1. The second-order valence-corrected chi connectivity index (χ2v) is 4.17. The molecule has 0 saturated carbocycles. The summed E-state index contributed by atoms with van der Waals surface area (Å²) in [5, 5.41) is 3.31. The third kappa shape index (κ3) is 2.82. The summed E-state index contributed by atoms with van der Waals surface area (Å²) >= 11 is 0. The molecule has 1 aliphatic heterocycles. The predicted octanol–water partition coefficient (Wildman–Crippen LogP) is 0.666. The van der Waals surface area contributed by atoms with Gasteiger partial charge >= 0.3 is 0 Å². The number of nitrogens with one attached hydrogen (secondary N) is 2. The van der Waals surface area contributed by atoms with Crippen molar-refractivity contribution >= 4 is 5.82 Å². The molecule has 1 saturated heterocycles. The summed E-state index contributed by atoms with van der Waals surface area (Å²) in [5.74, 6) is 0.673. The average molecular weight is 222 g/mol. The molecule has 1 aromatic heterocycles. The molecule has 0 spiro atoms. The van der Waals surface area contributed by atoms with Crippen LogP contribution in [0.5, 0.6) is 0 Å². The molecule has 2 N–H and O–H groups in total. The lowest BCUT2D eigenvalue weighted by atomic mass is 10.1. The van der Waals surface area contributed by atoms with Gasteiger partial charge in [0.1, 0.15) is 5.82 Å². The topological polar surface area (TPSA) is 61.0 Å². The van der Waals surface area contributed by atoms with Crippen LogP contribution in [-0.2, 0) is 0 Å². The fourth-order valence-corrected chi connectivity index (χ4v) is 2.12. The quantitative estimate of drug-likeness (QED) is 0.789. The SMILES string of the molecule is CCN1CCCC(Nc2cc(=O)[nH]cn2)C1. The zero-order valence-electron chi connectivity index (χ0n) is 9.57. The van der Waals surface area contributed by atoms with Gasteiger partial charge < -0.3 is 15.2 Å². The number of nitrogens with zero attached hydrogens (tertiary/aromatic N) is 2. The zero-order valence-corrected chi connectivity index (χ0v) is 9.57. The molecular formula is C11H18N4O. The van der Waals surface area contributed by atoms with E-state index >= 15 is 0 Å². The molecule has 0 aromatic carbocycles. The van der Waals surface area contributed by atoms with Gasteiger partial charge in [0.2, 0.25) is 0 Å². The van der Waals surface area contributed by atoms with Crippen molar-refractivity contribution in [3.8, 4) is 0 Å². The summed E-state index contributed by atoms with van der Waals surface area (Å²) in [7, 11) is 0. The Morgan fingerprint density at radius 3 is 3.31 bits per heavy atom. The number of anilines is 1. The Kier molecular flexibility index (Phi) is 3.56. The number of likely N-dealkylation sites (tertiary alicyclic amines) is 1. The number of rotatable bonds is 3. The van der Waals surface area contributed by atoms with Gasteiger partial charge in [-0.1, -0.05) is 6.92 Å². The highest BCUT2D eigenvalue weighted by atomic mass is 16.1. The highest BCUT2D eigenvalue weighted by Crippen LogP contribution is 2.13. The molecule has 1 atom stereocenters. The van der Waals surface area contributed by atoms with Crippen LogP contribution in [0, 0.1) is 0 Å². The van der Waals surface area contributed by atoms with Crippen LogP contribution in [0.4, 0.5) is 5.82 Å². The number of piperidine rings is 1. The highest BCUT2D eigenvalue weighted by molar-refractivity contribution is 5.33. The lowest BCUT2D eigenvalue weighted by molar-refractivity contribution is 0.226. The Hall–Kier alpha value is -1.36. The highest BCUT2D eigenvalue weighted by Gasteiger charge is 2.18. The Balaban J connectivity index is 1.96. The summed E-state index contributed by atoms with van der Waals surface area (Å²) in [5.41, 5.74) is -0.111. The Labute approximate surface area is 94.9 Å². The van der Waals surface area contributed by atoms with Crippen LogP contribution in [0.2, 0.25) is 0 Å². The van der Waals surface area contributed by atoms with Crippen molar-refractivity contribution in [2.45, 2.75) is 25.8 Å². The summed E-state index contributed by atoms with van der Waals surface area (Å²) < 4.78 is 0. The van der Waals surface area contributed by atoms with Gasteiger partial charge in [-0.25, -0.2) is 4.98 Å². The predicted molar refractivity (Wildman–Crippen MR) is 63.6 cm³/mol. The number of likely N-dealkylation sites (N-methyl/N-ethyl adjacent to an activating group) is 1. The number of H-pyrrole nitrogens is 1. The zero-order chi connectivity index (χ0) is 11.4. The molecule has 1 aliphatic rings. The number of hydrogen-bond acceptors (Lipinski definition) is 4. The van der Waals surface area contributed by atoms with Crippen molar-refractivity contribution in [1.82, 2.24) is 14.9 Å². The first kappa shape index (κ1) is 11.1. The molecule has 0 bridgehead atoms. The van der Waals surface area contributed by atoms with Crippen molar-refractivity contribution in [1.29, 1.82) is 0 Å². The summed E-state index contributed by atoms with van der Waals surface area (Å²) in [6.07, 6.45) is 3.78. The maximum Gasteiger partial charge on any atom is 0.252 e. The molecule has 1 fully saturated rings. The monoisotopic (exact) mass is 222 g/mol. The molecule has 16 heavy (non-hydrogen) atoms. The Bertz CT molecular complexity index is 390. The minimum Gasteiger partial charge on any atom is -0.366 e. The molecule has 1 unspecified atom stereocenters. The van der Waals surface area contributed by atoms with Gasteiger partial charge in [0.25, 0.3) is 5.56 Å². The first-order valence-electron chi connectivity index (χ1n) is 5.81. The van der Waals surface area contributed by atoms with Crippen LogP contribution in [0.1, 0.15) is 19.8 Å². The molecule has 2 rings (SSSR count). The number of aromatic nitrogens is 2. The molecule has 2 heterocycles. The maximum atomic E-state index is 11.1. The Morgan fingerprint density at radius 2 is 2.56 bits per heavy atom. The van der Waals surface area contributed by atoms with Crippen LogP contribution in [0.3, 0.4) is 0 Å². The summed E-state index contributed by atoms with van der Waals surface area (Å²) in [6.45, 7) is 5.47. The van der Waals surface area contributed by atoms with Crippen molar-refractivity contribution in [3.63, 3.8) is 0 Å². The first-order chi connectivity index (χ1) is 7.78. The minimum atomic E-state index is -0.111. The standard InChI is InChI=1S/C11H18N4O/c1-2-15-5-3-4-9(7-15)14-10-6-11(16)13-8-12-10/h6,8-9H,2-5,7H2,1H3,(H2,12,13,14,16). The van der Waals surface area contributed by atoms with Crippen LogP contribution >= 0.6 is 0 Å². The van der Waals surface area contributed by atoms with E-state index in [9.17, 15) is 4.79 Å². The van der Waals surface area contributed by atoms with E-state index in [4.69, 9.17) is 0 Å². The Morgan fingerprint density at radius 1 is 1.69 bits per heavy atom. The molecule has 1 aromatic rings. The lowest BCUT2D eigenvalue weighted by Crippen LogP contribution is -2.42. The van der Waals surface area contributed by atoms with Gasteiger partial charge in [-0.2, -0.15) is 0 Å². The van der Waals surface area contributed by atoms with Gasteiger partial charge in [-0.3, -0.25) is 4.79 Å². The molecule has 0 aliphatic carbocycles. The van der Waals surface area contributed by atoms with Gasteiger partial charge in [0, 0.05) is 18.7 Å².